The summed E-state index contributed by atoms with van der Waals surface area (Å²) in [4.78, 5) is 6.32. The predicted molar refractivity (Wildman–Crippen MR) is 76.0 cm³/mol. The third kappa shape index (κ3) is 3.05. The molecule has 106 valence electrons. The molecule has 2 aromatic heterocycles. The van der Waals surface area contributed by atoms with Crippen molar-refractivity contribution < 1.29 is 5.11 Å². The number of hydrogen-bond acceptors (Lipinski definition) is 4. The molecule has 0 amide bonds. The monoisotopic (exact) mass is 272 g/mol. The Balaban J connectivity index is 1.59. The number of nitrogens with zero attached hydrogens (tertiary/aromatic N) is 3. The van der Waals surface area contributed by atoms with Gasteiger partial charge in [-0.25, -0.2) is 0 Å². The van der Waals surface area contributed by atoms with Crippen LogP contribution in [-0.2, 0) is 13.0 Å². The number of H-pyrrole nitrogens is 1. The fourth-order valence-electron chi connectivity index (χ4n) is 2.87. The highest BCUT2D eigenvalue weighted by Gasteiger charge is 2.31. The average Bonchev–Trinajstić information content (AvgIpc) is 2.98. The largest absolute Gasteiger partial charge is 0.391 e. The molecule has 2 N–H and O–H groups in total. The summed E-state index contributed by atoms with van der Waals surface area (Å²) in [6, 6.07) is 6.10. The highest BCUT2D eigenvalue weighted by molar-refractivity contribution is 5.11. The number of aliphatic hydroxyl groups is 1. The summed E-state index contributed by atoms with van der Waals surface area (Å²) in [5, 5.41) is 17.4. The average molecular weight is 272 g/mol. The van der Waals surface area contributed by atoms with Crippen LogP contribution < -0.4 is 0 Å². The van der Waals surface area contributed by atoms with Crippen LogP contribution in [0.5, 0.6) is 0 Å². The second-order valence-corrected chi connectivity index (χ2v) is 5.62. The van der Waals surface area contributed by atoms with Gasteiger partial charge in [-0.2, -0.15) is 5.10 Å². The highest BCUT2D eigenvalue weighted by Crippen LogP contribution is 2.22. The van der Waals surface area contributed by atoms with Gasteiger partial charge in [-0.1, -0.05) is 0 Å². The first-order valence-electron chi connectivity index (χ1n) is 7.01. The molecule has 3 heterocycles. The molecule has 5 nitrogen and oxygen atoms in total. The molecule has 1 fully saturated rings. The summed E-state index contributed by atoms with van der Waals surface area (Å²) in [7, 11) is 0. The number of aliphatic hydroxyl groups excluding tert-OH is 1. The number of aromatic amines is 1. The molecule has 0 bridgehead atoms. The molecule has 2 aromatic rings. The van der Waals surface area contributed by atoms with E-state index >= 15 is 0 Å². The van der Waals surface area contributed by atoms with E-state index in [0.717, 1.165) is 37.4 Å². The Morgan fingerprint density at radius 1 is 1.35 bits per heavy atom. The lowest BCUT2D eigenvalue weighted by molar-refractivity contribution is 0.140. The SMILES string of the molecule is Cc1cc(C[C@@H]2CN(Cc3ccncc3)C[C@H]2O)n[nH]1. The maximum atomic E-state index is 10.2. The molecule has 0 saturated carbocycles. The number of rotatable bonds is 4. The molecule has 0 radical (unpaired) electrons. The van der Waals surface area contributed by atoms with E-state index in [1.807, 2.05) is 31.5 Å². The van der Waals surface area contributed by atoms with Gasteiger partial charge in [0, 0.05) is 43.6 Å². The topological polar surface area (TPSA) is 65.0 Å². The van der Waals surface area contributed by atoms with E-state index in [-0.39, 0.29) is 12.0 Å². The minimum absolute atomic E-state index is 0.263. The molecule has 1 saturated heterocycles. The second-order valence-electron chi connectivity index (χ2n) is 5.62. The smallest absolute Gasteiger partial charge is 0.0711 e. The molecular formula is C15H20N4O. The fourth-order valence-corrected chi connectivity index (χ4v) is 2.87. The minimum Gasteiger partial charge on any atom is -0.391 e. The lowest BCUT2D eigenvalue weighted by atomic mass is 10.0. The fraction of sp³-hybridized carbons (Fsp3) is 0.467. The van der Waals surface area contributed by atoms with Crippen molar-refractivity contribution in [3.05, 3.63) is 47.5 Å². The molecule has 2 atom stereocenters. The van der Waals surface area contributed by atoms with Crippen LogP contribution in [0.15, 0.2) is 30.6 Å². The Kier molecular flexibility index (Phi) is 3.80. The van der Waals surface area contributed by atoms with Gasteiger partial charge in [0.05, 0.1) is 11.8 Å². The third-order valence-electron chi connectivity index (χ3n) is 3.87. The van der Waals surface area contributed by atoms with Crippen LogP contribution in [0.2, 0.25) is 0 Å². The third-order valence-corrected chi connectivity index (χ3v) is 3.87. The van der Waals surface area contributed by atoms with E-state index in [9.17, 15) is 5.11 Å². The van der Waals surface area contributed by atoms with Crippen LogP contribution in [0, 0.1) is 12.8 Å². The van der Waals surface area contributed by atoms with Crippen LogP contribution in [0.25, 0.3) is 0 Å². The van der Waals surface area contributed by atoms with Crippen molar-refractivity contribution in [1.82, 2.24) is 20.1 Å². The number of aromatic nitrogens is 3. The standard InChI is InChI=1S/C15H20N4O/c1-11-6-14(18-17-11)7-13-9-19(10-15(13)20)8-12-2-4-16-5-3-12/h2-6,13,15,20H,7-10H2,1H3,(H,17,18)/t13-,15-/m1/s1. The quantitative estimate of drug-likeness (QED) is 0.876. The molecule has 0 aromatic carbocycles. The molecule has 20 heavy (non-hydrogen) atoms. The van der Waals surface area contributed by atoms with E-state index < -0.39 is 0 Å². The zero-order chi connectivity index (χ0) is 13.9. The van der Waals surface area contributed by atoms with Gasteiger partial charge in [0.15, 0.2) is 0 Å². The van der Waals surface area contributed by atoms with E-state index in [2.05, 4.69) is 26.1 Å². The molecule has 1 aliphatic rings. The van der Waals surface area contributed by atoms with Gasteiger partial charge in [-0.3, -0.25) is 15.0 Å². The number of hydrogen-bond donors (Lipinski definition) is 2. The minimum atomic E-state index is -0.270. The first-order valence-corrected chi connectivity index (χ1v) is 7.01. The van der Waals surface area contributed by atoms with Crippen LogP contribution in [0.4, 0.5) is 0 Å². The number of nitrogens with one attached hydrogen (secondary N) is 1. The van der Waals surface area contributed by atoms with Gasteiger partial charge in [-0.15, -0.1) is 0 Å². The number of aryl methyl sites for hydroxylation is 1. The molecule has 3 rings (SSSR count). The van der Waals surface area contributed by atoms with Crippen molar-refractivity contribution >= 4 is 0 Å². The molecule has 0 aliphatic carbocycles. The van der Waals surface area contributed by atoms with E-state index in [1.54, 1.807) is 0 Å². The molecular weight excluding hydrogens is 252 g/mol. The Morgan fingerprint density at radius 2 is 2.15 bits per heavy atom. The second kappa shape index (κ2) is 5.73. The van der Waals surface area contributed by atoms with Gasteiger partial charge in [0.1, 0.15) is 0 Å². The molecule has 5 heteroatoms. The van der Waals surface area contributed by atoms with E-state index in [0.29, 0.717) is 0 Å². The molecule has 0 spiro atoms. The summed E-state index contributed by atoms with van der Waals surface area (Å²) < 4.78 is 0. The lowest BCUT2D eigenvalue weighted by Gasteiger charge is -2.15. The zero-order valence-corrected chi connectivity index (χ0v) is 11.7. The Morgan fingerprint density at radius 3 is 2.85 bits per heavy atom. The predicted octanol–water partition coefficient (Wildman–Crippen LogP) is 1.15. The van der Waals surface area contributed by atoms with Gasteiger partial charge >= 0.3 is 0 Å². The summed E-state index contributed by atoms with van der Waals surface area (Å²) in [5.41, 5.74) is 3.35. The normalized spacial score (nSPS) is 23.3. The Bertz CT molecular complexity index is 554. The van der Waals surface area contributed by atoms with Gasteiger partial charge < -0.3 is 5.11 Å². The number of pyridine rings is 1. The summed E-state index contributed by atoms with van der Waals surface area (Å²) in [6.07, 6.45) is 4.18. The highest BCUT2D eigenvalue weighted by atomic mass is 16.3. The van der Waals surface area contributed by atoms with E-state index in [1.165, 1.54) is 5.56 Å². The number of β-amino-alcohol motifs (C(OH)–C–C–N with tert-alkyl or cyclic N) is 1. The lowest BCUT2D eigenvalue weighted by Crippen LogP contribution is -2.21. The first-order chi connectivity index (χ1) is 9.70. The van der Waals surface area contributed by atoms with Crippen LogP contribution >= 0.6 is 0 Å². The van der Waals surface area contributed by atoms with Gasteiger partial charge in [0.2, 0.25) is 0 Å². The van der Waals surface area contributed by atoms with Crippen LogP contribution in [0.3, 0.4) is 0 Å². The first kappa shape index (κ1) is 13.3. The summed E-state index contributed by atoms with van der Waals surface area (Å²) in [5.74, 6) is 0.263. The van der Waals surface area contributed by atoms with Crippen molar-refractivity contribution in [2.24, 2.45) is 5.92 Å². The van der Waals surface area contributed by atoms with Crippen LogP contribution in [0.1, 0.15) is 17.0 Å². The van der Waals surface area contributed by atoms with Crippen molar-refractivity contribution in [2.45, 2.75) is 26.0 Å². The van der Waals surface area contributed by atoms with E-state index in [4.69, 9.17) is 0 Å². The van der Waals surface area contributed by atoms with Crippen molar-refractivity contribution in [3.63, 3.8) is 0 Å². The Labute approximate surface area is 118 Å². The molecule has 0 unspecified atom stereocenters. The Hall–Kier alpha value is -1.72. The van der Waals surface area contributed by atoms with Crippen LogP contribution in [-0.4, -0.2) is 44.4 Å². The summed E-state index contributed by atoms with van der Waals surface area (Å²) >= 11 is 0. The maximum absolute atomic E-state index is 10.2. The van der Waals surface area contributed by atoms with Crippen molar-refractivity contribution in [1.29, 1.82) is 0 Å². The van der Waals surface area contributed by atoms with Gasteiger partial charge in [0.25, 0.3) is 0 Å². The maximum Gasteiger partial charge on any atom is 0.0711 e. The number of likely N-dealkylation sites (tertiary alicyclic amines) is 1. The zero-order valence-electron chi connectivity index (χ0n) is 11.7. The van der Waals surface area contributed by atoms with Crippen molar-refractivity contribution in [3.8, 4) is 0 Å². The van der Waals surface area contributed by atoms with Gasteiger partial charge in [-0.05, 0) is 37.1 Å². The van der Waals surface area contributed by atoms with Crippen molar-refractivity contribution in [2.75, 3.05) is 13.1 Å². The molecule has 1 aliphatic heterocycles. The summed E-state index contributed by atoms with van der Waals surface area (Å²) in [6.45, 7) is 4.51.